The van der Waals surface area contributed by atoms with Crippen molar-refractivity contribution in [2.75, 3.05) is 6.54 Å². The van der Waals surface area contributed by atoms with E-state index >= 15 is 0 Å². The molecule has 1 saturated heterocycles. The minimum Gasteiger partial charge on any atom is -0.393 e. The van der Waals surface area contributed by atoms with Crippen molar-refractivity contribution in [1.82, 2.24) is 5.32 Å². The molecule has 2 unspecified atom stereocenters. The zero-order chi connectivity index (χ0) is 11.6. The monoisotopic (exact) mass is 227 g/mol. The summed E-state index contributed by atoms with van der Waals surface area (Å²) in [7, 11) is 0. The zero-order valence-corrected chi connectivity index (χ0v) is 10.9. The average molecular weight is 227 g/mol. The van der Waals surface area contributed by atoms with Crippen molar-refractivity contribution in [3.63, 3.8) is 0 Å². The van der Waals surface area contributed by atoms with E-state index in [2.05, 4.69) is 12.2 Å². The Balaban J connectivity index is 1.86. The summed E-state index contributed by atoms with van der Waals surface area (Å²) in [5.74, 6) is 0. The molecule has 0 aromatic rings. The second kappa shape index (κ2) is 9.00. The maximum Gasteiger partial charge on any atom is 0.0567 e. The molecule has 2 heteroatoms. The van der Waals surface area contributed by atoms with Crippen LogP contribution in [0, 0.1) is 0 Å². The number of aliphatic hydroxyl groups excluding tert-OH is 1. The van der Waals surface area contributed by atoms with Crippen LogP contribution in [-0.4, -0.2) is 23.8 Å². The van der Waals surface area contributed by atoms with Crippen molar-refractivity contribution < 1.29 is 5.11 Å². The van der Waals surface area contributed by atoms with E-state index in [1.54, 1.807) is 0 Å². The molecule has 0 aliphatic carbocycles. The van der Waals surface area contributed by atoms with Crippen LogP contribution in [0.3, 0.4) is 0 Å². The van der Waals surface area contributed by atoms with Gasteiger partial charge >= 0.3 is 0 Å². The molecule has 1 fully saturated rings. The third-order valence-corrected chi connectivity index (χ3v) is 3.62. The maximum absolute atomic E-state index is 9.54. The van der Waals surface area contributed by atoms with Crippen LogP contribution >= 0.6 is 0 Å². The van der Waals surface area contributed by atoms with Crippen molar-refractivity contribution in [2.45, 2.75) is 83.3 Å². The predicted octanol–water partition coefficient (Wildman–Crippen LogP) is 3.24. The second-order valence-corrected chi connectivity index (χ2v) is 5.24. The molecule has 1 aliphatic heterocycles. The molecular weight excluding hydrogens is 198 g/mol. The molecule has 0 aromatic heterocycles. The summed E-state index contributed by atoms with van der Waals surface area (Å²) in [6, 6.07) is 0.583. The van der Waals surface area contributed by atoms with E-state index in [0.717, 1.165) is 19.4 Å². The van der Waals surface area contributed by atoms with Gasteiger partial charge in [0.25, 0.3) is 0 Å². The van der Waals surface area contributed by atoms with Gasteiger partial charge < -0.3 is 10.4 Å². The molecule has 0 saturated carbocycles. The van der Waals surface area contributed by atoms with E-state index in [1.165, 1.54) is 51.4 Å². The highest BCUT2D eigenvalue weighted by Crippen LogP contribution is 2.15. The van der Waals surface area contributed by atoms with Gasteiger partial charge in [0, 0.05) is 6.04 Å². The van der Waals surface area contributed by atoms with Crippen LogP contribution in [0.1, 0.15) is 71.1 Å². The number of hydrogen-bond donors (Lipinski definition) is 2. The van der Waals surface area contributed by atoms with Gasteiger partial charge in [0.2, 0.25) is 0 Å². The van der Waals surface area contributed by atoms with Crippen LogP contribution < -0.4 is 5.32 Å². The van der Waals surface area contributed by atoms with E-state index in [-0.39, 0.29) is 6.10 Å². The molecule has 0 amide bonds. The highest BCUT2D eigenvalue weighted by atomic mass is 16.3. The zero-order valence-electron chi connectivity index (χ0n) is 10.9. The number of aliphatic hydroxyl groups is 1. The Morgan fingerprint density at radius 2 is 1.75 bits per heavy atom. The van der Waals surface area contributed by atoms with Crippen LogP contribution in [0.4, 0.5) is 0 Å². The van der Waals surface area contributed by atoms with Crippen molar-refractivity contribution in [2.24, 2.45) is 0 Å². The third kappa shape index (κ3) is 6.49. The molecule has 0 aromatic carbocycles. The first-order valence-corrected chi connectivity index (χ1v) is 7.24. The molecule has 0 bridgehead atoms. The van der Waals surface area contributed by atoms with Crippen LogP contribution in [0.25, 0.3) is 0 Å². The summed E-state index contributed by atoms with van der Waals surface area (Å²) in [4.78, 5) is 0. The van der Waals surface area contributed by atoms with Crippen LogP contribution in [-0.2, 0) is 0 Å². The molecule has 1 aliphatic rings. The summed E-state index contributed by atoms with van der Waals surface area (Å²) < 4.78 is 0. The van der Waals surface area contributed by atoms with Gasteiger partial charge in [-0.25, -0.2) is 0 Å². The lowest BCUT2D eigenvalue weighted by Gasteiger charge is -2.27. The van der Waals surface area contributed by atoms with Crippen molar-refractivity contribution in [1.29, 1.82) is 0 Å². The molecule has 2 nitrogen and oxygen atoms in total. The van der Waals surface area contributed by atoms with E-state index in [4.69, 9.17) is 0 Å². The SMILES string of the molecule is CCCCCCCCCC1CC(O)CCN1. The first-order chi connectivity index (χ1) is 7.83. The van der Waals surface area contributed by atoms with Crippen LogP contribution in [0.2, 0.25) is 0 Å². The summed E-state index contributed by atoms with van der Waals surface area (Å²) >= 11 is 0. The van der Waals surface area contributed by atoms with E-state index in [1.807, 2.05) is 0 Å². The molecule has 1 rings (SSSR count). The highest BCUT2D eigenvalue weighted by molar-refractivity contribution is 4.77. The fourth-order valence-corrected chi connectivity index (χ4v) is 2.55. The van der Waals surface area contributed by atoms with Gasteiger partial charge in [-0.3, -0.25) is 0 Å². The quantitative estimate of drug-likeness (QED) is 0.624. The lowest BCUT2D eigenvalue weighted by atomic mass is 9.96. The average Bonchev–Trinajstić information content (AvgIpc) is 2.28. The Morgan fingerprint density at radius 1 is 1.06 bits per heavy atom. The fourth-order valence-electron chi connectivity index (χ4n) is 2.55. The molecule has 2 atom stereocenters. The lowest BCUT2D eigenvalue weighted by molar-refractivity contribution is 0.113. The smallest absolute Gasteiger partial charge is 0.0567 e. The summed E-state index contributed by atoms with van der Waals surface area (Å²) in [5, 5.41) is 13.0. The molecular formula is C14H29NO. The molecule has 96 valence electrons. The molecule has 0 spiro atoms. The first-order valence-electron chi connectivity index (χ1n) is 7.24. The van der Waals surface area contributed by atoms with Crippen LogP contribution in [0.5, 0.6) is 0 Å². The minimum atomic E-state index is -0.0456. The summed E-state index contributed by atoms with van der Waals surface area (Å²) in [5.41, 5.74) is 0. The van der Waals surface area contributed by atoms with E-state index < -0.39 is 0 Å². The van der Waals surface area contributed by atoms with Gasteiger partial charge in [-0.1, -0.05) is 51.9 Å². The molecule has 16 heavy (non-hydrogen) atoms. The number of nitrogens with one attached hydrogen (secondary N) is 1. The van der Waals surface area contributed by atoms with E-state index in [9.17, 15) is 5.11 Å². The van der Waals surface area contributed by atoms with Crippen LogP contribution in [0.15, 0.2) is 0 Å². The molecule has 0 radical (unpaired) electrons. The van der Waals surface area contributed by atoms with Gasteiger partial charge in [-0.2, -0.15) is 0 Å². The van der Waals surface area contributed by atoms with Gasteiger partial charge in [-0.15, -0.1) is 0 Å². The lowest BCUT2D eigenvalue weighted by Crippen LogP contribution is -2.40. The Bertz CT molecular complexity index is 161. The largest absolute Gasteiger partial charge is 0.393 e. The summed E-state index contributed by atoms with van der Waals surface area (Å²) in [6.45, 7) is 3.27. The Hall–Kier alpha value is -0.0800. The maximum atomic E-state index is 9.54. The summed E-state index contributed by atoms with van der Waals surface area (Å²) in [6.07, 6.45) is 12.8. The number of piperidine rings is 1. The number of rotatable bonds is 8. The van der Waals surface area contributed by atoms with Gasteiger partial charge in [0.1, 0.15) is 0 Å². The molecule has 1 heterocycles. The van der Waals surface area contributed by atoms with Gasteiger partial charge in [0.05, 0.1) is 6.10 Å². The predicted molar refractivity (Wildman–Crippen MR) is 69.6 cm³/mol. The van der Waals surface area contributed by atoms with Gasteiger partial charge in [0.15, 0.2) is 0 Å². The fraction of sp³-hybridized carbons (Fsp3) is 1.00. The number of unbranched alkanes of at least 4 members (excludes halogenated alkanes) is 6. The standard InChI is InChI=1S/C14H29NO/c1-2-3-4-5-6-7-8-9-13-12-14(16)10-11-15-13/h13-16H,2-12H2,1H3. The highest BCUT2D eigenvalue weighted by Gasteiger charge is 2.18. The van der Waals surface area contributed by atoms with Gasteiger partial charge in [-0.05, 0) is 25.8 Å². The Kier molecular flexibility index (Phi) is 7.87. The Morgan fingerprint density at radius 3 is 2.44 bits per heavy atom. The third-order valence-electron chi connectivity index (χ3n) is 3.62. The number of hydrogen-bond acceptors (Lipinski definition) is 2. The molecule has 2 N–H and O–H groups in total. The van der Waals surface area contributed by atoms with E-state index in [0.29, 0.717) is 6.04 Å². The first kappa shape index (κ1) is 14.0. The topological polar surface area (TPSA) is 32.3 Å². The minimum absolute atomic E-state index is 0.0456. The van der Waals surface area contributed by atoms with Crippen molar-refractivity contribution in [3.05, 3.63) is 0 Å². The van der Waals surface area contributed by atoms with Crippen molar-refractivity contribution in [3.8, 4) is 0 Å². The Labute approximate surface area is 101 Å². The van der Waals surface area contributed by atoms with Crippen molar-refractivity contribution >= 4 is 0 Å². The normalized spacial score (nSPS) is 25.9. The second-order valence-electron chi connectivity index (χ2n) is 5.24.